The molecule has 0 radical (unpaired) electrons. The van der Waals surface area contributed by atoms with Crippen molar-refractivity contribution in [2.24, 2.45) is 0 Å². The first kappa shape index (κ1) is 25.8. The van der Waals surface area contributed by atoms with E-state index in [4.69, 9.17) is 4.74 Å². The van der Waals surface area contributed by atoms with E-state index in [9.17, 15) is 14.9 Å². The van der Waals surface area contributed by atoms with Gasteiger partial charge in [-0.25, -0.2) is 0 Å². The molecule has 2 heterocycles. The molecule has 4 rings (SSSR count). The number of dihydropyridines is 1. The number of nitriles is 1. The van der Waals surface area contributed by atoms with Gasteiger partial charge in [-0.3, -0.25) is 9.59 Å². The Hall–Kier alpha value is -3.32. The number of Topliss-reactive ketones (excluding diaryl/α,β-unsaturated/α-hetero) is 1. The van der Waals surface area contributed by atoms with Crippen LogP contribution >= 0.6 is 39.0 Å². The maximum atomic E-state index is 13.5. The van der Waals surface area contributed by atoms with Crippen LogP contribution in [0.15, 0.2) is 92.4 Å². The number of ketones is 1. The van der Waals surface area contributed by atoms with Crippen molar-refractivity contribution < 1.29 is 14.3 Å². The largest absolute Gasteiger partial charge is 0.495 e. The van der Waals surface area contributed by atoms with Gasteiger partial charge in [-0.05, 0) is 42.6 Å². The molecule has 1 aromatic heterocycles. The van der Waals surface area contributed by atoms with Gasteiger partial charge in [-0.1, -0.05) is 58.0 Å². The van der Waals surface area contributed by atoms with E-state index >= 15 is 0 Å². The number of halogens is 1. The smallest absolute Gasteiger partial charge is 0.254 e. The molecule has 9 heteroatoms. The zero-order chi connectivity index (χ0) is 25.7. The number of carbonyl (C=O) groups excluding carboxylic acids is 2. The summed E-state index contributed by atoms with van der Waals surface area (Å²) in [6, 6.07) is 20.5. The van der Waals surface area contributed by atoms with Gasteiger partial charge in [0.15, 0.2) is 5.78 Å². The van der Waals surface area contributed by atoms with Crippen LogP contribution in [0.5, 0.6) is 5.75 Å². The SMILES string of the molecule is COc1ccccc1NC(=O)C1=C(C)NC(SCC(=O)c2ccc(Br)cc2)=C(C#N)C1c1cccs1. The van der Waals surface area contributed by atoms with Crippen molar-refractivity contribution in [1.29, 1.82) is 5.26 Å². The molecule has 0 fully saturated rings. The predicted octanol–water partition coefficient (Wildman–Crippen LogP) is 6.47. The van der Waals surface area contributed by atoms with Gasteiger partial charge >= 0.3 is 0 Å². The summed E-state index contributed by atoms with van der Waals surface area (Å²) >= 11 is 6.12. The topological polar surface area (TPSA) is 91.2 Å². The third-order valence-corrected chi connectivity index (χ3v) is 8.07. The normalized spacial score (nSPS) is 15.2. The Kier molecular flexibility index (Phi) is 8.31. The minimum absolute atomic E-state index is 0.0480. The molecule has 0 saturated carbocycles. The van der Waals surface area contributed by atoms with Crippen LogP contribution in [-0.2, 0) is 4.79 Å². The van der Waals surface area contributed by atoms with Crippen LogP contribution in [0.25, 0.3) is 0 Å². The van der Waals surface area contributed by atoms with Crippen molar-refractivity contribution >= 4 is 56.4 Å². The summed E-state index contributed by atoms with van der Waals surface area (Å²) in [5.41, 5.74) is 2.61. The summed E-state index contributed by atoms with van der Waals surface area (Å²) in [5.74, 6) is -0.239. The van der Waals surface area contributed by atoms with E-state index in [2.05, 4.69) is 32.6 Å². The third-order valence-electron chi connectivity index (χ3n) is 5.59. The number of thioether (sulfide) groups is 1. The monoisotopic (exact) mass is 579 g/mol. The quantitative estimate of drug-likeness (QED) is 0.297. The molecule has 1 aliphatic rings. The number of benzene rings is 2. The Balaban J connectivity index is 1.64. The average Bonchev–Trinajstić information content (AvgIpc) is 3.42. The van der Waals surface area contributed by atoms with Gasteiger partial charge < -0.3 is 15.4 Å². The van der Waals surface area contributed by atoms with Crippen LogP contribution in [0.1, 0.15) is 28.1 Å². The van der Waals surface area contributed by atoms with Gasteiger partial charge in [-0.2, -0.15) is 5.26 Å². The van der Waals surface area contributed by atoms with E-state index in [0.717, 1.165) is 9.35 Å². The molecule has 2 N–H and O–H groups in total. The number of amides is 1. The fraction of sp³-hybridized carbons (Fsp3) is 0.148. The van der Waals surface area contributed by atoms with Gasteiger partial charge in [-0.15, -0.1) is 11.3 Å². The maximum Gasteiger partial charge on any atom is 0.254 e. The van der Waals surface area contributed by atoms with E-state index in [1.807, 2.05) is 48.7 Å². The Morgan fingerprint density at radius 1 is 1.17 bits per heavy atom. The van der Waals surface area contributed by atoms with Crippen molar-refractivity contribution in [2.75, 3.05) is 18.2 Å². The lowest BCUT2D eigenvalue weighted by atomic mass is 9.86. The first-order chi connectivity index (χ1) is 17.4. The lowest BCUT2D eigenvalue weighted by Crippen LogP contribution is -2.30. The Bertz CT molecular complexity index is 1390. The predicted molar refractivity (Wildman–Crippen MR) is 148 cm³/mol. The Morgan fingerprint density at radius 3 is 2.58 bits per heavy atom. The average molecular weight is 581 g/mol. The lowest BCUT2D eigenvalue weighted by Gasteiger charge is -2.29. The number of allylic oxidation sites excluding steroid dienone is 2. The van der Waals surface area contributed by atoms with E-state index in [0.29, 0.717) is 38.9 Å². The van der Waals surface area contributed by atoms with E-state index in [1.54, 1.807) is 31.4 Å². The molecule has 0 spiro atoms. The second-order valence-corrected chi connectivity index (χ2v) is 10.7. The molecule has 3 aromatic rings. The van der Waals surface area contributed by atoms with Gasteiger partial charge in [0, 0.05) is 26.2 Å². The standard InChI is InChI=1S/C27H22BrN3O3S2/c1-16-24(26(33)31-20-6-3-4-7-22(20)34-2)25(23-8-5-13-35-23)19(14-29)27(30-16)36-15-21(32)17-9-11-18(28)12-10-17/h3-13,25,30H,15H2,1-2H3,(H,31,33). The van der Waals surface area contributed by atoms with Crippen molar-refractivity contribution in [3.8, 4) is 11.8 Å². The molecule has 6 nitrogen and oxygen atoms in total. The van der Waals surface area contributed by atoms with E-state index < -0.39 is 5.92 Å². The first-order valence-corrected chi connectivity index (χ1v) is 13.6. The van der Waals surface area contributed by atoms with E-state index in [-0.39, 0.29) is 17.4 Å². The fourth-order valence-corrected chi connectivity index (χ4v) is 5.96. The minimum Gasteiger partial charge on any atom is -0.495 e. The zero-order valence-corrected chi connectivity index (χ0v) is 22.7. The molecule has 2 aromatic carbocycles. The van der Waals surface area contributed by atoms with Crippen molar-refractivity contribution in [1.82, 2.24) is 5.32 Å². The molecule has 36 heavy (non-hydrogen) atoms. The molecule has 182 valence electrons. The van der Waals surface area contributed by atoms with Crippen LogP contribution in [0, 0.1) is 11.3 Å². The van der Waals surface area contributed by atoms with Crippen LogP contribution in [-0.4, -0.2) is 24.6 Å². The summed E-state index contributed by atoms with van der Waals surface area (Å²) in [6.07, 6.45) is 0. The highest BCUT2D eigenvalue weighted by Gasteiger charge is 2.35. The Labute approximate surface area is 226 Å². The van der Waals surface area contributed by atoms with Gasteiger partial charge in [0.2, 0.25) is 0 Å². The highest BCUT2D eigenvalue weighted by Crippen LogP contribution is 2.42. The molecule has 1 unspecified atom stereocenters. The summed E-state index contributed by atoms with van der Waals surface area (Å²) in [7, 11) is 1.54. The van der Waals surface area contributed by atoms with Crippen molar-refractivity contribution in [3.63, 3.8) is 0 Å². The maximum absolute atomic E-state index is 13.5. The number of hydrogen-bond acceptors (Lipinski definition) is 7. The zero-order valence-electron chi connectivity index (χ0n) is 19.5. The lowest BCUT2D eigenvalue weighted by molar-refractivity contribution is -0.113. The molecule has 0 aliphatic carbocycles. The number of anilines is 1. The van der Waals surface area contributed by atoms with Crippen LogP contribution in [0.4, 0.5) is 5.69 Å². The van der Waals surface area contributed by atoms with Crippen LogP contribution < -0.4 is 15.4 Å². The number of nitrogens with one attached hydrogen (secondary N) is 2. The number of nitrogens with zero attached hydrogens (tertiary/aromatic N) is 1. The highest BCUT2D eigenvalue weighted by atomic mass is 79.9. The van der Waals surface area contributed by atoms with Crippen molar-refractivity contribution in [2.45, 2.75) is 12.8 Å². The van der Waals surface area contributed by atoms with Gasteiger partial charge in [0.05, 0.1) is 41.1 Å². The number of para-hydroxylation sites is 2. The molecular formula is C27H22BrN3O3S2. The highest BCUT2D eigenvalue weighted by molar-refractivity contribution is 9.10. The molecule has 1 aliphatic heterocycles. The summed E-state index contributed by atoms with van der Waals surface area (Å²) in [5, 5.41) is 18.8. The second-order valence-electron chi connectivity index (χ2n) is 7.84. The van der Waals surface area contributed by atoms with Crippen molar-refractivity contribution in [3.05, 3.63) is 103 Å². The van der Waals surface area contributed by atoms with E-state index in [1.165, 1.54) is 23.1 Å². The van der Waals surface area contributed by atoms with Gasteiger partial charge in [0.1, 0.15) is 5.75 Å². The number of thiophene rings is 1. The number of methoxy groups -OCH3 is 1. The molecule has 0 bridgehead atoms. The molecule has 0 saturated heterocycles. The summed E-state index contributed by atoms with van der Waals surface area (Å²) < 4.78 is 6.27. The fourth-order valence-electron chi connectivity index (χ4n) is 3.86. The number of carbonyl (C=O) groups is 2. The number of ether oxygens (including phenoxy) is 1. The molecule has 1 amide bonds. The first-order valence-electron chi connectivity index (χ1n) is 10.9. The summed E-state index contributed by atoms with van der Waals surface area (Å²) in [4.78, 5) is 27.2. The third kappa shape index (κ3) is 5.57. The van der Waals surface area contributed by atoms with Crippen LogP contribution in [0.3, 0.4) is 0 Å². The molecular weight excluding hydrogens is 558 g/mol. The van der Waals surface area contributed by atoms with Crippen LogP contribution in [0.2, 0.25) is 0 Å². The molecule has 1 atom stereocenters. The Morgan fingerprint density at radius 2 is 1.92 bits per heavy atom. The summed E-state index contributed by atoms with van der Waals surface area (Å²) in [6.45, 7) is 1.81. The second kappa shape index (κ2) is 11.6. The minimum atomic E-state index is -0.559. The van der Waals surface area contributed by atoms with Gasteiger partial charge in [0.25, 0.3) is 5.91 Å². The number of hydrogen-bond donors (Lipinski definition) is 2. The number of rotatable bonds is 8.